The molecule has 0 amide bonds. The van der Waals surface area contributed by atoms with Crippen molar-refractivity contribution in [2.24, 2.45) is 0 Å². The molecule has 1 aromatic heterocycles. The summed E-state index contributed by atoms with van der Waals surface area (Å²) in [7, 11) is -3.27. The molecule has 1 N–H and O–H groups in total. The van der Waals surface area contributed by atoms with Crippen LogP contribution in [0.3, 0.4) is 0 Å². The van der Waals surface area contributed by atoms with Crippen LogP contribution in [0.25, 0.3) is 22.3 Å². The Hall–Kier alpha value is -2.42. The van der Waals surface area contributed by atoms with Gasteiger partial charge in [0.25, 0.3) is 0 Å². The van der Waals surface area contributed by atoms with Crippen LogP contribution < -0.4 is 33.7 Å². The molecule has 0 aliphatic heterocycles. The minimum atomic E-state index is -4.94. The van der Waals surface area contributed by atoms with Gasteiger partial charge in [0.05, 0.1) is 18.6 Å². The molecule has 3 aromatic rings. The van der Waals surface area contributed by atoms with Gasteiger partial charge in [-0.2, -0.15) is 0 Å². The minimum Gasteiger partial charge on any atom is -0.497 e. The molecule has 0 atom stereocenters. The number of halogens is 1. The van der Waals surface area contributed by atoms with E-state index < -0.39 is 10.2 Å². The molecule has 0 unspecified atom stereocenters. The Morgan fingerprint density at radius 2 is 1.64 bits per heavy atom. The molecule has 0 radical (unpaired) electrons. The van der Waals surface area contributed by atoms with Crippen molar-refractivity contribution in [3.8, 4) is 17.1 Å². The second-order valence-electron chi connectivity index (χ2n) is 5.91. The van der Waals surface area contributed by atoms with E-state index in [-0.39, 0.29) is 0 Å². The van der Waals surface area contributed by atoms with E-state index in [0.717, 1.165) is 46.4 Å². The summed E-state index contributed by atoms with van der Waals surface area (Å²) >= 11 is 0. The molecule has 0 aliphatic carbocycles. The minimum absolute atomic E-state index is 0.843. The maximum absolute atomic E-state index is 8.49. The molecule has 0 spiro atoms. The van der Waals surface area contributed by atoms with Crippen LogP contribution >= 0.6 is 0 Å². The molecule has 0 fully saturated rings. The van der Waals surface area contributed by atoms with Crippen molar-refractivity contribution in [2.75, 3.05) is 13.7 Å². The Labute approximate surface area is 164 Å². The predicted octanol–water partition coefficient (Wildman–Crippen LogP) is -1.87. The molecule has 2 aromatic carbocycles. The van der Waals surface area contributed by atoms with E-state index in [2.05, 4.69) is 24.0 Å². The lowest BCUT2D eigenvalue weighted by molar-refractivity contribution is -2.00. The van der Waals surface area contributed by atoms with Crippen LogP contribution in [0.2, 0.25) is 0 Å². The Morgan fingerprint density at radius 3 is 2.25 bits per heavy atom. The summed E-state index contributed by atoms with van der Waals surface area (Å²) in [5.41, 5.74) is 1.93. The first-order chi connectivity index (χ1) is 13.3. The van der Waals surface area contributed by atoms with E-state index in [1.165, 1.54) is 6.42 Å². The van der Waals surface area contributed by atoms with Crippen LogP contribution in [0.15, 0.2) is 59.0 Å². The van der Waals surface area contributed by atoms with E-state index in [4.69, 9.17) is 27.8 Å². The number of para-hydroxylation sites is 1. The highest BCUT2D eigenvalue weighted by Gasteiger charge is 2.08. The second kappa shape index (κ2) is 10.2. The lowest BCUT2D eigenvalue weighted by atomic mass is 10.1. The average Bonchev–Trinajstić information content (AvgIpc) is 2.67. The van der Waals surface area contributed by atoms with Gasteiger partial charge in [0.15, 0.2) is 0 Å². The van der Waals surface area contributed by atoms with E-state index in [1.807, 2.05) is 42.5 Å². The fourth-order valence-corrected chi connectivity index (χ4v) is 2.58. The highest BCUT2D eigenvalue weighted by molar-refractivity contribution is 5.77. The molecule has 28 heavy (non-hydrogen) atoms. The number of ether oxygens (including phenoxy) is 1. The summed E-state index contributed by atoms with van der Waals surface area (Å²) in [6.45, 7) is 3.16. The van der Waals surface area contributed by atoms with Crippen LogP contribution in [0.1, 0.15) is 19.8 Å². The molecule has 8 heteroatoms. The third-order valence-electron chi connectivity index (χ3n) is 3.89. The molecule has 0 aliphatic rings. The molecule has 0 saturated heterocycles. The number of unbranched alkanes of at least 4 members (excludes halogenated alkanes) is 1. The molecule has 3 rings (SSSR count). The number of fused-ring (bicyclic) bond motifs is 1. The molecule has 0 saturated carbocycles. The summed E-state index contributed by atoms with van der Waals surface area (Å²) in [4.78, 5) is 3.54. The highest BCUT2D eigenvalue weighted by Crippen LogP contribution is 2.23. The van der Waals surface area contributed by atoms with Crippen LogP contribution in [0, 0.1) is 10.2 Å². The summed E-state index contributed by atoms with van der Waals surface area (Å²) in [6, 6.07) is 18.1. The van der Waals surface area contributed by atoms with E-state index >= 15 is 0 Å². The molecule has 0 bridgehead atoms. The normalized spacial score (nSPS) is 11.9. The molecular weight excluding hydrogens is 386 g/mol. The van der Waals surface area contributed by atoms with E-state index in [0.29, 0.717) is 0 Å². The Bertz CT molecular complexity index is 941. The van der Waals surface area contributed by atoms with Gasteiger partial charge in [-0.05, 0) is 36.4 Å². The zero-order valence-corrected chi connectivity index (χ0v) is 16.4. The maximum atomic E-state index is 8.49. The summed E-state index contributed by atoms with van der Waals surface area (Å²) in [5.74, 6) is 1.70. The van der Waals surface area contributed by atoms with Crippen LogP contribution in [0.4, 0.5) is 0 Å². The second-order valence-corrected chi connectivity index (χ2v) is 6.66. The first kappa shape index (κ1) is 21.9. The van der Waals surface area contributed by atoms with Gasteiger partial charge in [-0.1, -0.05) is 25.5 Å². The number of hydrogen-bond acceptors (Lipinski definition) is 6. The summed E-state index contributed by atoms with van der Waals surface area (Å²) in [5, 5.41) is 2.23. The molecule has 7 nitrogen and oxygen atoms in total. The van der Waals surface area contributed by atoms with Gasteiger partial charge < -0.3 is 9.15 Å². The van der Waals surface area contributed by atoms with Gasteiger partial charge >= 0.3 is 0 Å². The average molecular weight is 408 g/mol. The van der Waals surface area contributed by atoms with Gasteiger partial charge in [0.1, 0.15) is 23.6 Å². The van der Waals surface area contributed by atoms with Gasteiger partial charge in [-0.15, -0.1) is 10.2 Å². The Kier molecular flexibility index (Phi) is 7.98. The van der Waals surface area contributed by atoms with Gasteiger partial charge in [0, 0.05) is 12.0 Å². The lowest BCUT2D eigenvalue weighted by Gasteiger charge is -2.17. The quantitative estimate of drug-likeness (QED) is 0.493. The van der Waals surface area contributed by atoms with Crippen molar-refractivity contribution in [3.05, 3.63) is 60.0 Å². The third kappa shape index (κ3) is 6.95. The first-order valence-corrected chi connectivity index (χ1v) is 9.91. The topological polar surface area (TPSA) is 129 Å². The van der Waals surface area contributed by atoms with Gasteiger partial charge in [0.2, 0.25) is 5.36 Å². The number of benzene rings is 2. The van der Waals surface area contributed by atoms with Crippen molar-refractivity contribution >= 4 is 11.0 Å². The fraction of sp³-hybridized carbons (Fsp3) is 0.250. The van der Waals surface area contributed by atoms with E-state index in [1.54, 1.807) is 7.11 Å². The summed E-state index contributed by atoms with van der Waals surface area (Å²) < 4.78 is 45.3. The third-order valence-corrected chi connectivity index (χ3v) is 3.89. The number of nitrogens with one attached hydrogen (secondary N) is 1. The smallest absolute Gasteiger partial charge is 0.213 e. The number of rotatable bonds is 5. The maximum Gasteiger partial charge on any atom is 0.213 e. The SMILES string of the molecule is CCCC[NH+]=c1cc(-c2ccc(OC)cc2)oc2ccccc12.[O-][Cl+3]([O-])([O-])[O-]. The number of methoxy groups -OCH3 is 1. The van der Waals surface area contributed by atoms with Gasteiger partial charge in [-0.25, -0.2) is 23.6 Å². The number of hydrogen-bond donors (Lipinski definition) is 1. The molecule has 150 valence electrons. The van der Waals surface area contributed by atoms with Crippen LogP contribution in [-0.2, 0) is 0 Å². The van der Waals surface area contributed by atoms with Gasteiger partial charge in [-0.3, -0.25) is 0 Å². The monoisotopic (exact) mass is 407 g/mol. The van der Waals surface area contributed by atoms with Crippen molar-refractivity contribution in [1.82, 2.24) is 0 Å². The standard InChI is InChI=1S/C20H21NO2.ClHO4/c1-3-4-13-21-18-14-20(15-9-11-16(22-2)12-10-15)23-19-8-6-5-7-17(18)19;2-1(3,4)5/h5-12,14H,3-4,13H2,1-2H3;(H,2,3,4,5). The fourth-order valence-electron chi connectivity index (χ4n) is 2.58. The van der Waals surface area contributed by atoms with Crippen LogP contribution in [-0.4, -0.2) is 13.7 Å². The summed E-state index contributed by atoms with van der Waals surface area (Å²) in [6.07, 6.45) is 2.33. The zero-order chi connectivity index (χ0) is 20.6. The zero-order valence-electron chi connectivity index (χ0n) is 15.6. The van der Waals surface area contributed by atoms with Crippen molar-refractivity contribution < 1.29 is 43.0 Å². The molecule has 1 heterocycles. The first-order valence-electron chi connectivity index (χ1n) is 8.67. The molecular formula is C20H22ClNO6. The largest absolute Gasteiger partial charge is 0.497 e. The highest BCUT2D eigenvalue weighted by atomic mass is 35.7. The van der Waals surface area contributed by atoms with E-state index in [9.17, 15) is 0 Å². The van der Waals surface area contributed by atoms with Crippen molar-refractivity contribution in [1.29, 1.82) is 0 Å². The Balaban J connectivity index is 0.000000500. The predicted molar refractivity (Wildman–Crippen MR) is 92.1 cm³/mol. The van der Waals surface area contributed by atoms with Crippen molar-refractivity contribution in [3.63, 3.8) is 0 Å². The van der Waals surface area contributed by atoms with Crippen molar-refractivity contribution in [2.45, 2.75) is 19.8 Å². The van der Waals surface area contributed by atoms with Crippen LogP contribution in [0.5, 0.6) is 5.75 Å². The Morgan fingerprint density at radius 1 is 1.00 bits per heavy atom. The lowest BCUT2D eigenvalue weighted by Crippen LogP contribution is -2.76.